The van der Waals surface area contributed by atoms with Crippen LogP contribution in [0.3, 0.4) is 0 Å². The van der Waals surface area contributed by atoms with Gasteiger partial charge >= 0.3 is 0 Å². The molecule has 3 nitrogen and oxygen atoms in total. The Labute approximate surface area is 91.3 Å². The normalized spacial score (nSPS) is 24.0. The fourth-order valence-corrected chi connectivity index (χ4v) is 1.74. The summed E-state index contributed by atoms with van der Waals surface area (Å²) in [7, 11) is 0. The first-order valence-corrected chi connectivity index (χ1v) is 5.88. The van der Waals surface area contributed by atoms with Crippen LogP contribution in [0.4, 0.5) is 0 Å². The maximum atomic E-state index is 5.66. The summed E-state index contributed by atoms with van der Waals surface area (Å²) in [4.78, 5) is 2.40. The van der Waals surface area contributed by atoms with Crippen molar-refractivity contribution in [2.75, 3.05) is 45.3 Å². The van der Waals surface area contributed by atoms with Gasteiger partial charge in [-0.3, -0.25) is 4.90 Å². The highest BCUT2D eigenvalue weighted by Crippen LogP contribution is 2.06. The Balaban J connectivity index is 2.14. The van der Waals surface area contributed by atoms with E-state index in [9.17, 15) is 0 Å². The van der Waals surface area contributed by atoms with E-state index in [0.29, 0.717) is 6.61 Å². The van der Waals surface area contributed by atoms with Gasteiger partial charge in [-0.05, 0) is 19.9 Å². The Morgan fingerprint density at radius 2 is 2.43 bits per heavy atom. The van der Waals surface area contributed by atoms with Crippen molar-refractivity contribution in [1.29, 1.82) is 0 Å². The molecule has 0 amide bonds. The zero-order valence-corrected chi connectivity index (χ0v) is 9.63. The number of halogens is 1. The molecule has 14 heavy (non-hydrogen) atoms. The first-order valence-electron chi connectivity index (χ1n) is 5.34. The molecule has 1 aliphatic rings. The second-order valence-electron chi connectivity index (χ2n) is 3.50. The van der Waals surface area contributed by atoms with Crippen LogP contribution in [-0.2, 0) is 9.47 Å². The molecule has 84 valence electrons. The van der Waals surface area contributed by atoms with E-state index in [1.54, 1.807) is 0 Å². The van der Waals surface area contributed by atoms with Crippen molar-refractivity contribution in [3.05, 3.63) is 0 Å². The standard InChI is InChI=1S/C10H20ClNO2/c1-2-13-9-10-8-12(5-3-4-11)6-7-14-10/h10H,2-9H2,1H3. The minimum Gasteiger partial charge on any atom is -0.379 e. The lowest BCUT2D eigenvalue weighted by atomic mass is 10.2. The van der Waals surface area contributed by atoms with Crippen molar-refractivity contribution >= 4 is 11.6 Å². The van der Waals surface area contributed by atoms with Crippen molar-refractivity contribution in [2.45, 2.75) is 19.4 Å². The zero-order valence-electron chi connectivity index (χ0n) is 8.88. The lowest BCUT2D eigenvalue weighted by Crippen LogP contribution is -2.44. The SMILES string of the molecule is CCOCC1CN(CCCCl)CCO1. The van der Waals surface area contributed by atoms with Crippen molar-refractivity contribution in [1.82, 2.24) is 4.90 Å². The minimum absolute atomic E-state index is 0.249. The molecule has 0 aromatic carbocycles. The highest BCUT2D eigenvalue weighted by Gasteiger charge is 2.19. The second kappa shape index (κ2) is 7.46. The van der Waals surface area contributed by atoms with Gasteiger partial charge in [0, 0.05) is 25.6 Å². The molecule has 0 radical (unpaired) electrons. The Morgan fingerprint density at radius 1 is 1.57 bits per heavy atom. The van der Waals surface area contributed by atoms with Gasteiger partial charge in [0.1, 0.15) is 0 Å². The Hall–Kier alpha value is 0.170. The van der Waals surface area contributed by atoms with Crippen LogP contribution in [0, 0.1) is 0 Å². The van der Waals surface area contributed by atoms with Crippen LogP contribution in [0.15, 0.2) is 0 Å². The monoisotopic (exact) mass is 221 g/mol. The average Bonchev–Trinajstić information content (AvgIpc) is 2.24. The molecule has 0 aromatic heterocycles. The molecule has 1 saturated heterocycles. The third kappa shape index (κ3) is 4.60. The van der Waals surface area contributed by atoms with E-state index < -0.39 is 0 Å². The lowest BCUT2D eigenvalue weighted by molar-refractivity contribution is -0.0672. The summed E-state index contributed by atoms with van der Waals surface area (Å²) < 4.78 is 10.9. The Morgan fingerprint density at radius 3 is 3.14 bits per heavy atom. The van der Waals surface area contributed by atoms with Crippen LogP contribution >= 0.6 is 11.6 Å². The number of morpholine rings is 1. The molecule has 0 aromatic rings. The molecule has 1 rings (SSSR count). The first kappa shape index (κ1) is 12.2. The highest BCUT2D eigenvalue weighted by molar-refractivity contribution is 6.17. The van der Waals surface area contributed by atoms with E-state index in [0.717, 1.165) is 45.1 Å². The topological polar surface area (TPSA) is 21.7 Å². The lowest BCUT2D eigenvalue weighted by Gasteiger charge is -2.32. The average molecular weight is 222 g/mol. The van der Waals surface area contributed by atoms with Gasteiger partial charge < -0.3 is 9.47 Å². The van der Waals surface area contributed by atoms with E-state index in [4.69, 9.17) is 21.1 Å². The molecule has 4 heteroatoms. The number of hydrogen-bond donors (Lipinski definition) is 0. The molecule has 1 aliphatic heterocycles. The van der Waals surface area contributed by atoms with E-state index in [1.807, 2.05) is 6.92 Å². The van der Waals surface area contributed by atoms with Gasteiger partial charge in [-0.15, -0.1) is 11.6 Å². The Kier molecular flexibility index (Phi) is 6.52. The van der Waals surface area contributed by atoms with Crippen LogP contribution in [0.2, 0.25) is 0 Å². The third-order valence-corrected chi connectivity index (χ3v) is 2.61. The summed E-state index contributed by atoms with van der Waals surface area (Å²) in [6, 6.07) is 0. The van der Waals surface area contributed by atoms with E-state index in [1.165, 1.54) is 0 Å². The van der Waals surface area contributed by atoms with Crippen LogP contribution in [-0.4, -0.2) is 56.3 Å². The van der Waals surface area contributed by atoms with Gasteiger partial charge in [0.2, 0.25) is 0 Å². The fraction of sp³-hybridized carbons (Fsp3) is 1.00. The number of ether oxygens (including phenoxy) is 2. The van der Waals surface area contributed by atoms with Gasteiger partial charge in [-0.1, -0.05) is 0 Å². The number of nitrogens with zero attached hydrogens (tertiary/aromatic N) is 1. The van der Waals surface area contributed by atoms with Crippen molar-refractivity contribution in [3.8, 4) is 0 Å². The van der Waals surface area contributed by atoms with E-state index in [-0.39, 0.29) is 6.10 Å². The van der Waals surface area contributed by atoms with E-state index in [2.05, 4.69) is 4.90 Å². The molecule has 1 atom stereocenters. The molecule has 0 spiro atoms. The molecule has 0 aliphatic carbocycles. The molecular weight excluding hydrogens is 202 g/mol. The summed E-state index contributed by atoms with van der Waals surface area (Å²) in [6.07, 6.45) is 1.31. The molecule has 0 saturated carbocycles. The first-order chi connectivity index (χ1) is 6.86. The summed E-state index contributed by atoms with van der Waals surface area (Å²) >= 11 is 5.66. The predicted molar refractivity (Wildman–Crippen MR) is 58.0 cm³/mol. The van der Waals surface area contributed by atoms with Crippen molar-refractivity contribution in [3.63, 3.8) is 0 Å². The number of hydrogen-bond acceptors (Lipinski definition) is 3. The van der Waals surface area contributed by atoms with Crippen molar-refractivity contribution < 1.29 is 9.47 Å². The molecule has 1 heterocycles. The highest BCUT2D eigenvalue weighted by atomic mass is 35.5. The Bertz CT molecular complexity index is 132. The molecular formula is C10H20ClNO2. The van der Waals surface area contributed by atoms with Gasteiger partial charge in [0.05, 0.1) is 19.3 Å². The number of alkyl halides is 1. The maximum Gasteiger partial charge on any atom is 0.0935 e. The summed E-state index contributed by atoms with van der Waals surface area (Å²) in [6.45, 7) is 7.40. The third-order valence-electron chi connectivity index (χ3n) is 2.34. The second-order valence-corrected chi connectivity index (χ2v) is 3.87. The maximum absolute atomic E-state index is 5.66. The van der Waals surface area contributed by atoms with E-state index >= 15 is 0 Å². The predicted octanol–water partition coefficient (Wildman–Crippen LogP) is 1.35. The van der Waals surface area contributed by atoms with Gasteiger partial charge in [-0.25, -0.2) is 0 Å². The minimum atomic E-state index is 0.249. The van der Waals surface area contributed by atoms with Gasteiger partial charge in [-0.2, -0.15) is 0 Å². The number of rotatable bonds is 6. The molecule has 0 N–H and O–H groups in total. The quantitative estimate of drug-likeness (QED) is 0.633. The van der Waals surface area contributed by atoms with Gasteiger partial charge in [0.15, 0.2) is 0 Å². The smallest absolute Gasteiger partial charge is 0.0935 e. The fourth-order valence-electron chi connectivity index (χ4n) is 1.62. The molecule has 1 unspecified atom stereocenters. The van der Waals surface area contributed by atoms with Crippen LogP contribution in [0.25, 0.3) is 0 Å². The summed E-state index contributed by atoms with van der Waals surface area (Å²) in [5.41, 5.74) is 0. The summed E-state index contributed by atoms with van der Waals surface area (Å²) in [5, 5.41) is 0. The van der Waals surface area contributed by atoms with Crippen LogP contribution in [0.5, 0.6) is 0 Å². The van der Waals surface area contributed by atoms with Gasteiger partial charge in [0.25, 0.3) is 0 Å². The molecule has 1 fully saturated rings. The largest absolute Gasteiger partial charge is 0.379 e. The van der Waals surface area contributed by atoms with Crippen LogP contribution in [0.1, 0.15) is 13.3 Å². The van der Waals surface area contributed by atoms with Crippen molar-refractivity contribution in [2.24, 2.45) is 0 Å². The molecule has 0 bridgehead atoms. The van der Waals surface area contributed by atoms with Crippen LogP contribution < -0.4 is 0 Å². The zero-order chi connectivity index (χ0) is 10.2. The summed E-state index contributed by atoms with van der Waals surface area (Å²) in [5.74, 6) is 0.744.